The molecule has 0 fully saturated rings. The van der Waals surface area contributed by atoms with E-state index in [-0.39, 0.29) is 18.3 Å². The summed E-state index contributed by atoms with van der Waals surface area (Å²) in [6.45, 7) is 3.97. The van der Waals surface area contributed by atoms with E-state index < -0.39 is 0 Å². The Morgan fingerprint density at radius 3 is 2.73 bits per heavy atom. The van der Waals surface area contributed by atoms with Gasteiger partial charge in [-0.2, -0.15) is 0 Å². The van der Waals surface area contributed by atoms with E-state index in [1.165, 1.54) is 0 Å². The minimum atomic E-state index is -0.112. The van der Waals surface area contributed by atoms with Crippen LogP contribution in [-0.4, -0.2) is 52.5 Å². The molecule has 0 radical (unpaired) electrons. The van der Waals surface area contributed by atoms with Crippen molar-refractivity contribution >= 4 is 18.3 Å². The SMILES string of the molecule is COCCNCCNC(=O)c1ccc2c(c1)OCCCO2.Cl. The van der Waals surface area contributed by atoms with Crippen molar-refractivity contribution in [2.75, 3.05) is 46.6 Å². The van der Waals surface area contributed by atoms with Gasteiger partial charge in [-0.05, 0) is 18.2 Å². The average molecular weight is 331 g/mol. The van der Waals surface area contributed by atoms with Crippen molar-refractivity contribution in [3.63, 3.8) is 0 Å². The van der Waals surface area contributed by atoms with Gasteiger partial charge >= 0.3 is 0 Å². The van der Waals surface area contributed by atoms with Crippen LogP contribution in [0.4, 0.5) is 0 Å². The van der Waals surface area contributed by atoms with Crippen LogP contribution in [0.1, 0.15) is 16.8 Å². The molecule has 2 rings (SSSR count). The lowest BCUT2D eigenvalue weighted by Gasteiger charge is -2.10. The number of benzene rings is 1. The Labute approximate surface area is 136 Å². The summed E-state index contributed by atoms with van der Waals surface area (Å²) in [6, 6.07) is 5.27. The maximum atomic E-state index is 12.0. The van der Waals surface area contributed by atoms with Crippen molar-refractivity contribution in [1.29, 1.82) is 0 Å². The molecule has 0 bridgehead atoms. The summed E-state index contributed by atoms with van der Waals surface area (Å²) in [7, 11) is 1.66. The molecule has 1 aromatic carbocycles. The molecule has 1 heterocycles. The lowest BCUT2D eigenvalue weighted by molar-refractivity contribution is 0.0953. The van der Waals surface area contributed by atoms with E-state index in [9.17, 15) is 4.79 Å². The molecule has 124 valence electrons. The molecule has 22 heavy (non-hydrogen) atoms. The van der Waals surface area contributed by atoms with Gasteiger partial charge in [0.2, 0.25) is 0 Å². The van der Waals surface area contributed by atoms with Crippen LogP contribution in [0.15, 0.2) is 18.2 Å². The highest BCUT2D eigenvalue weighted by atomic mass is 35.5. The number of carbonyl (C=O) groups excluding carboxylic acids is 1. The smallest absolute Gasteiger partial charge is 0.251 e. The lowest BCUT2D eigenvalue weighted by atomic mass is 10.2. The fourth-order valence-electron chi connectivity index (χ4n) is 1.97. The summed E-state index contributed by atoms with van der Waals surface area (Å²) in [6.07, 6.45) is 0.851. The van der Waals surface area contributed by atoms with Crippen LogP contribution < -0.4 is 20.1 Å². The van der Waals surface area contributed by atoms with Crippen molar-refractivity contribution in [2.45, 2.75) is 6.42 Å². The minimum absolute atomic E-state index is 0. The fraction of sp³-hybridized carbons (Fsp3) is 0.533. The van der Waals surface area contributed by atoms with Crippen LogP contribution in [0.3, 0.4) is 0 Å². The van der Waals surface area contributed by atoms with Gasteiger partial charge in [-0.25, -0.2) is 0 Å². The monoisotopic (exact) mass is 330 g/mol. The van der Waals surface area contributed by atoms with Crippen molar-refractivity contribution < 1.29 is 19.0 Å². The first-order chi connectivity index (χ1) is 10.3. The Morgan fingerprint density at radius 1 is 1.18 bits per heavy atom. The molecule has 2 N–H and O–H groups in total. The summed E-state index contributed by atoms with van der Waals surface area (Å²) in [4.78, 5) is 12.0. The number of rotatable bonds is 7. The second-order valence-electron chi connectivity index (χ2n) is 4.71. The van der Waals surface area contributed by atoms with E-state index >= 15 is 0 Å². The van der Waals surface area contributed by atoms with E-state index in [2.05, 4.69) is 10.6 Å². The van der Waals surface area contributed by atoms with Gasteiger partial charge in [0.25, 0.3) is 5.91 Å². The van der Waals surface area contributed by atoms with Gasteiger partial charge in [-0.15, -0.1) is 12.4 Å². The number of hydrogen-bond acceptors (Lipinski definition) is 5. The molecule has 0 spiro atoms. The van der Waals surface area contributed by atoms with E-state index in [1.54, 1.807) is 25.3 Å². The third-order valence-electron chi connectivity index (χ3n) is 3.08. The van der Waals surface area contributed by atoms with Gasteiger partial charge < -0.3 is 24.8 Å². The molecule has 1 aliphatic rings. The second kappa shape index (κ2) is 10.3. The third kappa shape index (κ3) is 5.71. The summed E-state index contributed by atoms with van der Waals surface area (Å²) >= 11 is 0. The topological polar surface area (TPSA) is 68.8 Å². The molecule has 0 saturated carbocycles. The number of amides is 1. The zero-order valence-corrected chi connectivity index (χ0v) is 13.5. The number of ether oxygens (including phenoxy) is 3. The van der Waals surface area contributed by atoms with Gasteiger partial charge in [0.05, 0.1) is 19.8 Å². The first-order valence-electron chi connectivity index (χ1n) is 7.19. The molecule has 0 saturated heterocycles. The molecule has 1 amide bonds. The van der Waals surface area contributed by atoms with Crippen molar-refractivity contribution in [2.24, 2.45) is 0 Å². The van der Waals surface area contributed by atoms with Gasteiger partial charge in [0, 0.05) is 38.7 Å². The molecule has 1 aromatic rings. The molecular formula is C15H23ClN2O4. The zero-order chi connectivity index (χ0) is 14.9. The summed E-state index contributed by atoms with van der Waals surface area (Å²) < 4.78 is 16.0. The van der Waals surface area contributed by atoms with Gasteiger partial charge in [0.15, 0.2) is 11.5 Å². The van der Waals surface area contributed by atoms with Crippen molar-refractivity contribution in [3.8, 4) is 11.5 Å². The van der Waals surface area contributed by atoms with E-state index in [4.69, 9.17) is 14.2 Å². The standard InChI is InChI=1S/C15H22N2O4.ClH/c1-19-10-7-16-5-6-17-15(18)12-3-4-13-14(11-12)21-9-2-8-20-13;/h3-4,11,16H,2,5-10H2,1H3,(H,17,18);1H. The molecule has 7 heteroatoms. The van der Waals surface area contributed by atoms with Crippen LogP contribution >= 0.6 is 12.4 Å². The van der Waals surface area contributed by atoms with Gasteiger partial charge in [0.1, 0.15) is 0 Å². The second-order valence-corrected chi connectivity index (χ2v) is 4.71. The summed E-state index contributed by atoms with van der Waals surface area (Å²) in [5.74, 6) is 1.22. The predicted molar refractivity (Wildman–Crippen MR) is 86.4 cm³/mol. The Hall–Kier alpha value is -1.50. The predicted octanol–water partition coefficient (Wildman–Crippen LogP) is 1.24. The molecule has 0 unspecified atom stereocenters. The summed E-state index contributed by atoms with van der Waals surface area (Å²) in [5.41, 5.74) is 0.580. The highest BCUT2D eigenvalue weighted by Crippen LogP contribution is 2.30. The molecular weight excluding hydrogens is 308 g/mol. The number of hydrogen-bond donors (Lipinski definition) is 2. The Balaban J connectivity index is 0.00000242. The van der Waals surface area contributed by atoms with E-state index in [0.717, 1.165) is 13.0 Å². The molecule has 1 aliphatic heterocycles. The lowest BCUT2D eigenvalue weighted by Crippen LogP contribution is -2.33. The van der Waals surface area contributed by atoms with Gasteiger partial charge in [-0.1, -0.05) is 0 Å². The fourth-order valence-corrected chi connectivity index (χ4v) is 1.97. The van der Waals surface area contributed by atoms with Crippen LogP contribution in [0.5, 0.6) is 11.5 Å². The molecule has 6 nitrogen and oxygen atoms in total. The molecule has 0 aliphatic carbocycles. The van der Waals surface area contributed by atoms with E-state index in [0.29, 0.717) is 50.0 Å². The number of carbonyl (C=O) groups is 1. The van der Waals surface area contributed by atoms with Crippen LogP contribution in [-0.2, 0) is 4.74 Å². The Morgan fingerprint density at radius 2 is 1.95 bits per heavy atom. The Bertz CT molecular complexity index is 471. The maximum absolute atomic E-state index is 12.0. The van der Waals surface area contributed by atoms with Crippen LogP contribution in [0.25, 0.3) is 0 Å². The molecule has 0 atom stereocenters. The Kier molecular flexibility index (Phi) is 8.65. The maximum Gasteiger partial charge on any atom is 0.251 e. The third-order valence-corrected chi connectivity index (χ3v) is 3.08. The van der Waals surface area contributed by atoms with Crippen LogP contribution in [0.2, 0.25) is 0 Å². The van der Waals surface area contributed by atoms with Crippen molar-refractivity contribution in [3.05, 3.63) is 23.8 Å². The quantitative estimate of drug-likeness (QED) is 0.736. The van der Waals surface area contributed by atoms with Crippen molar-refractivity contribution in [1.82, 2.24) is 10.6 Å². The molecule has 0 aromatic heterocycles. The van der Waals surface area contributed by atoms with E-state index in [1.807, 2.05) is 0 Å². The minimum Gasteiger partial charge on any atom is -0.490 e. The van der Waals surface area contributed by atoms with Gasteiger partial charge in [-0.3, -0.25) is 4.79 Å². The zero-order valence-electron chi connectivity index (χ0n) is 12.7. The largest absolute Gasteiger partial charge is 0.490 e. The number of halogens is 1. The average Bonchev–Trinajstić information content (AvgIpc) is 2.75. The normalized spacial score (nSPS) is 13.0. The number of fused-ring (bicyclic) bond motifs is 1. The first kappa shape index (κ1) is 18.5. The summed E-state index contributed by atoms with van der Waals surface area (Å²) in [5, 5.41) is 6.03. The number of methoxy groups -OCH3 is 1. The highest BCUT2D eigenvalue weighted by molar-refractivity contribution is 5.94. The number of nitrogens with one attached hydrogen (secondary N) is 2. The highest BCUT2D eigenvalue weighted by Gasteiger charge is 2.13. The van der Waals surface area contributed by atoms with Crippen LogP contribution in [0, 0.1) is 0 Å². The first-order valence-corrected chi connectivity index (χ1v) is 7.19.